The Labute approximate surface area is 111 Å². The highest BCUT2D eigenvalue weighted by Gasteiger charge is 2.33. The molecule has 0 saturated carbocycles. The smallest absolute Gasteiger partial charge is 0.112 e. The van der Waals surface area contributed by atoms with Crippen LogP contribution in [-0.2, 0) is 13.0 Å². The number of rotatable bonds is 2. The van der Waals surface area contributed by atoms with E-state index in [-0.39, 0.29) is 11.5 Å². The molecule has 2 aromatic heterocycles. The number of hydrogen-bond acceptors (Lipinski definition) is 3. The van der Waals surface area contributed by atoms with Crippen molar-refractivity contribution in [1.29, 1.82) is 0 Å². The molecule has 0 amide bonds. The summed E-state index contributed by atoms with van der Waals surface area (Å²) in [6.45, 7) is 5.26. The standard InChI is InChI=1S/C14H18N2OS/c1-14(2)7-11-10(12(17)8-14)3-5-16(11)9-13-15-4-6-18-13/h3-6,12,17H,7-9H2,1-2H3. The van der Waals surface area contributed by atoms with Crippen LogP contribution in [-0.4, -0.2) is 14.7 Å². The number of aliphatic hydroxyl groups is 1. The van der Waals surface area contributed by atoms with Crippen LogP contribution in [0.5, 0.6) is 0 Å². The fraction of sp³-hybridized carbons (Fsp3) is 0.500. The highest BCUT2D eigenvalue weighted by atomic mass is 32.1. The Morgan fingerprint density at radius 1 is 1.56 bits per heavy atom. The lowest BCUT2D eigenvalue weighted by Gasteiger charge is -2.33. The molecule has 2 heterocycles. The number of aliphatic hydroxyl groups excluding tert-OH is 1. The first-order chi connectivity index (χ1) is 8.55. The predicted molar refractivity (Wildman–Crippen MR) is 72.7 cm³/mol. The van der Waals surface area contributed by atoms with Gasteiger partial charge in [0.25, 0.3) is 0 Å². The maximum absolute atomic E-state index is 10.2. The molecule has 0 fully saturated rings. The van der Waals surface area contributed by atoms with Crippen molar-refractivity contribution in [3.05, 3.63) is 40.1 Å². The Morgan fingerprint density at radius 2 is 2.39 bits per heavy atom. The highest BCUT2D eigenvalue weighted by Crippen LogP contribution is 2.41. The number of aromatic nitrogens is 2. The second-order valence-corrected chi connectivity index (χ2v) is 6.81. The molecule has 1 unspecified atom stereocenters. The van der Waals surface area contributed by atoms with Crippen LogP contribution in [0.25, 0.3) is 0 Å². The summed E-state index contributed by atoms with van der Waals surface area (Å²) in [6.07, 6.45) is 5.48. The van der Waals surface area contributed by atoms with E-state index in [0.29, 0.717) is 0 Å². The zero-order valence-electron chi connectivity index (χ0n) is 10.8. The molecule has 3 nitrogen and oxygen atoms in total. The maximum Gasteiger partial charge on any atom is 0.112 e. The molecule has 18 heavy (non-hydrogen) atoms. The first-order valence-electron chi connectivity index (χ1n) is 6.29. The van der Waals surface area contributed by atoms with Gasteiger partial charge in [-0.05, 0) is 24.3 Å². The summed E-state index contributed by atoms with van der Waals surface area (Å²) < 4.78 is 2.23. The van der Waals surface area contributed by atoms with Crippen molar-refractivity contribution in [3.8, 4) is 0 Å². The van der Waals surface area contributed by atoms with Crippen molar-refractivity contribution >= 4 is 11.3 Å². The molecule has 1 N–H and O–H groups in total. The lowest BCUT2D eigenvalue weighted by Crippen LogP contribution is -2.26. The minimum Gasteiger partial charge on any atom is -0.388 e. The van der Waals surface area contributed by atoms with E-state index in [9.17, 15) is 5.11 Å². The van der Waals surface area contributed by atoms with Gasteiger partial charge in [0.05, 0.1) is 12.6 Å². The van der Waals surface area contributed by atoms with E-state index in [1.807, 2.05) is 11.6 Å². The molecule has 4 heteroatoms. The molecular weight excluding hydrogens is 244 g/mol. The Kier molecular flexibility index (Phi) is 2.79. The van der Waals surface area contributed by atoms with Gasteiger partial charge in [0.1, 0.15) is 5.01 Å². The van der Waals surface area contributed by atoms with E-state index in [4.69, 9.17) is 0 Å². The second kappa shape index (κ2) is 4.21. The SMILES string of the molecule is CC1(C)Cc2c(ccn2Cc2nccs2)C(O)C1. The van der Waals surface area contributed by atoms with Gasteiger partial charge in [-0.25, -0.2) is 4.98 Å². The molecule has 0 aromatic carbocycles. The zero-order valence-corrected chi connectivity index (χ0v) is 11.6. The van der Waals surface area contributed by atoms with Gasteiger partial charge < -0.3 is 9.67 Å². The van der Waals surface area contributed by atoms with Crippen molar-refractivity contribution < 1.29 is 5.11 Å². The van der Waals surface area contributed by atoms with Crippen LogP contribution in [0.3, 0.4) is 0 Å². The molecule has 0 bridgehead atoms. The molecule has 1 atom stereocenters. The van der Waals surface area contributed by atoms with Gasteiger partial charge in [-0.15, -0.1) is 11.3 Å². The first-order valence-corrected chi connectivity index (χ1v) is 7.17. The molecule has 0 saturated heterocycles. The Balaban J connectivity index is 1.94. The number of fused-ring (bicyclic) bond motifs is 1. The minimum absolute atomic E-state index is 0.172. The summed E-state index contributed by atoms with van der Waals surface area (Å²) in [4.78, 5) is 4.33. The van der Waals surface area contributed by atoms with Gasteiger partial charge in [0, 0.05) is 29.0 Å². The topological polar surface area (TPSA) is 38.0 Å². The summed E-state index contributed by atoms with van der Waals surface area (Å²) >= 11 is 1.68. The average molecular weight is 262 g/mol. The van der Waals surface area contributed by atoms with E-state index in [1.54, 1.807) is 11.3 Å². The van der Waals surface area contributed by atoms with E-state index in [1.165, 1.54) is 5.69 Å². The second-order valence-electron chi connectivity index (χ2n) is 5.83. The van der Waals surface area contributed by atoms with Gasteiger partial charge in [0.15, 0.2) is 0 Å². The van der Waals surface area contributed by atoms with Crippen LogP contribution < -0.4 is 0 Å². The van der Waals surface area contributed by atoms with E-state index in [0.717, 1.165) is 30.0 Å². The summed E-state index contributed by atoms with van der Waals surface area (Å²) in [5.41, 5.74) is 2.55. The molecule has 96 valence electrons. The van der Waals surface area contributed by atoms with Crippen LogP contribution in [0.2, 0.25) is 0 Å². The van der Waals surface area contributed by atoms with Crippen LogP contribution >= 0.6 is 11.3 Å². The highest BCUT2D eigenvalue weighted by molar-refractivity contribution is 7.09. The number of thiazole rings is 1. The van der Waals surface area contributed by atoms with Crippen LogP contribution in [0, 0.1) is 5.41 Å². The number of hydrogen-bond donors (Lipinski definition) is 1. The van der Waals surface area contributed by atoms with Crippen LogP contribution in [0.15, 0.2) is 23.8 Å². The molecule has 0 spiro atoms. The molecular formula is C14H18N2OS. The Morgan fingerprint density at radius 3 is 3.11 bits per heavy atom. The molecule has 0 aliphatic heterocycles. The molecule has 3 rings (SSSR count). The van der Waals surface area contributed by atoms with Crippen LogP contribution in [0.4, 0.5) is 0 Å². The summed E-state index contributed by atoms with van der Waals surface area (Å²) in [6, 6.07) is 2.06. The normalized spacial score (nSPS) is 21.8. The van der Waals surface area contributed by atoms with E-state index < -0.39 is 0 Å². The summed E-state index contributed by atoms with van der Waals surface area (Å²) in [7, 11) is 0. The quantitative estimate of drug-likeness (QED) is 0.903. The third kappa shape index (κ3) is 2.10. The minimum atomic E-state index is -0.318. The van der Waals surface area contributed by atoms with Crippen molar-refractivity contribution in [2.24, 2.45) is 5.41 Å². The molecule has 1 aliphatic carbocycles. The van der Waals surface area contributed by atoms with Gasteiger partial charge in [-0.3, -0.25) is 0 Å². The van der Waals surface area contributed by atoms with Crippen molar-refractivity contribution in [2.45, 2.75) is 39.3 Å². The lowest BCUT2D eigenvalue weighted by atomic mass is 9.75. The summed E-state index contributed by atoms with van der Waals surface area (Å²) in [5, 5.41) is 13.3. The fourth-order valence-electron chi connectivity index (χ4n) is 2.81. The van der Waals surface area contributed by atoms with E-state index >= 15 is 0 Å². The number of nitrogens with zero attached hydrogens (tertiary/aromatic N) is 2. The predicted octanol–water partition coefficient (Wildman–Crippen LogP) is 3.00. The van der Waals surface area contributed by atoms with Crippen molar-refractivity contribution in [2.75, 3.05) is 0 Å². The zero-order chi connectivity index (χ0) is 12.8. The van der Waals surface area contributed by atoms with Gasteiger partial charge in [-0.2, -0.15) is 0 Å². The fourth-order valence-corrected chi connectivity index (χ4v) is 3.43. The summed E-state index contributed by atoms with van der Waals surface area (Å²) in [5.74, 6) is 0. The Bertz CT molecular complexity index is 542. The van der Waals surface area contributed by atoms with Gasteiger partial charge in [-0.1, -0.05) is 13.8 Å². The molecule has 0 radical (unpaired) electrons. The average Bonchev–Trinajstić information content (AvgIpc) is 2.88. The van der Waals surface area contributed by atoms with Crippen LogP contribution in [0.1, 0.15) is 42.6 Å². The maximum atomic E-state index is 10.2. The molecule has 2 aromatic rings. The van der Waals surface area contributed by atoms with Gasteiger partial charge in [0.2, 0.25) is 0 Å². The third-order valence-corrected chi connectivity index (χ3v) is 4.42. The monoisotopic (exact) mass is 262 g/mol. The van der Waals surface area contributed by atoms with E-state index in [2.05, 4.69) is 35.7 Å². The largest absolute Gasteiger partial charge is 0.388 e. The third-order valence-electron chi connectivity index (χ3n) is 3.65. The molecule has 1 aliphatic rings. The van der Waals surface area contributed by atoms with Crippen molar-refractivity contribution in [3.63, 3.8) is 0 Å². The van der Waals surface area contributed by atoms with Crippen molar-refractivity contribution in [1.82, 2.24) is 9.55 Å². The Hall–Kier alpha value is -1.13. The van der Waals surface area contributed by atoms with Gasteiger partial charge >= 0.3 is 0 Å². The first kappa shape index (κ1) is 11.9. The lowest BCUT2D eigenvalue weighted by molar-refractivity contribution is 0.0981.